The quantitative estimate of drug-likeness (QED) is 0.463. The second-order valence-corrected chi connectivity index (χ2v) is 9.83. The Morgan fingerprint density at radius 2 is 1.83 bits per heavy atom. The van der Waals surface area contributed by atoms with Crippen LogP contribution in [0.3, 0.4) is 0 Å². The molecule has 166 valence electrons. The molecule has 1 atom stereocenters. The number of amidine groups is 1. The number of carbonyl (C=O) groups excluding carboxylic acids is 3. The van der Waals surface area contributed by atoms with Crippen LogP contribution in [0.2, 0.25) is 0 Å². The molecule has 2 amide bonds. The number of Topliss-reactive ketones (excluding diaryl/α,β-unsaturated/α-hetero) is 1. The molecular weight excluding hydrogens is 412 g/mol. The molecule has 2 rings (SSSR count). The first-order valence-electron chi connectivity index (χ1n) is 10.2. The Kier molecular flexibility index (Phi) is 9.95. The molecule has 0 radical (unpaired) electrons. The van der Waals surface area contributed by atoms with E-state index in [0.717, 1.165) is 37.9 Å². The number of hydrazone groups is 1. The molecule has 0 aromatic carbocycles. The highest BCUT2D eigenvalue weighted by Crippen LogP contribution is 2.30. The average molecular weight is 447 g/mol. The summed E-state index contributed by atoms with van der Waals surface area (Å²) in [6.07, 6.45) is 5.38. The Hall–Kier alpha value is -1.28. The van der Waals surface area contributed by atoms with Crippen LogP contribution in [0.25, 0.3) is 0 Å². The molecule has 0 aromatic heterocycles. The van der Waals surface area contributed by atoms with Crippen molar-refractivity contribution in [3.05, 3.63) is 0 Å². The van der Waals surface area contributed by atoms with Crippen LogP contribution in [0.5, 0.6) is 0 Å². The molecule has 7 nitrogen and oxygen atoms in total. The maximum atomic E-state index is 12.7. The zero-order chi connectivity index (χ0) is 20.9. The molecule has 1 saturated carbocycles. The molecule has 1 saturated heterocycles. The Morgan fingerprint density at radius 3 is 2.34 bits per heavy atom. The molecule has 0 aromatic rings. The largest absolute Gasteiger partial charge is 0.347 e. The average Bonchev–Trinajstić information content (AvgIpc) is 2.91. The van der Waals surface area contributed by atoms with Crippen LogP contribution in [-0.2, 0) is 14.4 Å². The van der Waals surface area contributed by atoms with E-state index in [-0.39, 0.29) is 35.7 Å². The molecule has 1 aliphatic carbocycles. The summed E-state index contributed by atoms with van der Waals surface area (Å²) < 4.78 is 0. The summed E-state index contributed by atoms with van der Waals surface area (Å²) >= 11 is 1.54. The summed E-state index contributed by atoms with van der Waals surface area (Å²) in [5.41, 5.74) is 2.34. The predicted molar refractivity (Wildman–Crippen MR) is 120 cm³/mol. The maximum Gasteiger partial charge on any atom is 0.309 e. The maximum absolute atomic E-state index is 12.7. The lowest BCUT2D eigenvalue weighted by atomic mass is 9.88. The number of ketones is 1. The molecule has 2 fully saturated rings. The van der Waals surface area contributed by atoms with Crippen molar-refractivity contribution >= 4 is 46.9 Å². The first kappa shape index (κ1) is 25.8. The Labute approximate surface area is 184 Å². The number of halogens is 1. The van der Waals surface area contributed by atoms with Gasteiger partial charge in [0.1, 0.15) is 0 Å². The van der Waals surface area contributed by atoms with E-state index in [1.54, 1.807) is 0 Å². The van der Waals surface area contributed by atoms with Gasteiger partial charge >= 0.3 is 5.91 Å². The molecule has 1 aliphatic heterocycles. The number of nitrogens with zero attached hydrogens (tertiary/aromatic N) is 2. The number of hydrogen-bond acceptors (Lipinski definition) is 5. The van der Waals surface area contributed by atoms with Crippen molar-refractivity contribution in [2.45, 2.75) is 77.8 Å². The molecule has 0 spiro atoms. The lowest BCUT2D eigenvalue weighted by Gasteiger charge is -2.27. The van der Waals surface area contributed by atoms with E-state index in [1.165, 1.54) is 11.8 Å². The van der Waals surface area contributed by atoms with Gasteiger partial charge in [0.05, 0.1) is 6.04 Å². The number of thioether (sulfide) groups is 1. The number of carbonyl (C=O) groups is 3. The van der Waals surface area contributed by atoms with Crippen molar-refractivity contribution in [3.8, 4) is 0 Å². The molecule has 0 bridgehead atoms. The molecule has 9 heteroatoms. The third-order valence-corrected chi connectivity index (χ3v) is 7.02. The van der Waals surface area contributed by atoms with E-state index in [2.05, 4.69) is 29.7 Å². The fraction of sp³-hybridized carbons (Fsp3) is 0.800. The Morgan fingerprint density at radius 1 is 1.21 bits per heavy atom. The summed E-state index contributed by atoms with van der Waals surface area (Å²) in [4.78, 5) is 39.6. The van der Waals surface area contributed by atoms with Gasteiger partial charge in [-0.1, -0.05) is 44.9 Å². The summed E-state index contributed by atoms with van der Waals surface area (Å²) in [5.74, 6) is -0.527. The lowest BCUT2D eigenvalue weighted by Crippen LogP contribution is -2.49. The summed E-state index contributed by atoms with van der Waals surface area (Å²) in [6.45, 7) is 8.12. The first-order chi connectivity index (χ1) is 13.1. The lowest BCUT2D eigenvalue weighted by molar-refractivity contribution is -0.140. The van der Waals surface area contributed by atoms with E-state index in [4.69, 9.17) is 0 Å². The van der Waals surface area contributed by atoms with Gasteiger partial charge in [-0.3, -0.25) is 14.4 Å². The number of rotatable bonds is 7. The van der Waals surface area contributed by atoms with Crippen molar-refractivity contribution in [3.63, 3.8) is 0 Å². The first-order valence-corrected chi connectivity index (χ1v) is 11.2. The topological polar surface area (TPSA) is 90.9 Å². The monoisotopic (exact) mass is 446 g/mol. The Balaban J connectivity index is 0.00000420. The van der Waals surface area contributed by atoms with Crippen molar-refractivity contribution < 1.29 is 14.4 Å². The van der Waals surface area contributed by atoms with Gasteiger partial charge in [0, 0.05) is 24.3 Å². The van der Waals surface area contributed by atoms with Gasteiger partial charge in [0.15, 0.2) is 5.17 Å². The van der Waals surface area contributed by atoms with Gasteiger partial charge in [0.25, 0.3) is 0 Å². The van der Waals surface area contributed by atoms with E-state index in [0.29, 0.717) is 11.6 Å². The Bertz CT molecular complexity index is 633. The van der Waals surface area contributed by atoms with E-state index in [1.807, 2.05) is 25.8 Å². The van der Waals surface area contributed by atoms with Gasteiger partial charge in [-0.2, -0.15) is 0 Å². The van der Waals surface area contributed by atoms with Crippen LogP contribution in [0.15, 0.2) is 5.10 Å². The molecule has 1 heterocycles. The molecular formula is C20H35ClN4O3S. The standard InChI is InChI=1S/C20H34N4O3S.ClH/c1-13(2)11-15(21-17(26)14-9-7-6-8-10-14)16(25)18(27)22-23-19-24(5)20(3,4)12-28-19;/h13-15H,6-12H2,1-5H3,(H,21,26)(H,22,27);1H/b23-19-;. The predicted octanol–water partition coefficient (Wildman–Crippen LogP) is 2.93. The SMILES string of the molecule is CC(C)CC(NC(=O)C1CCCCC1)C(=O)C(=O)N/N=C1\SCC(C)(C)N1C.Cl. The summed E-state index contributed by atoms with van der Waals surface area (Å²) in [7, 11) is 1.92. The minimum absolute atomic E-state index is 0. The third kappa shape index (κ3) is 7.17. The third-order valence-electron chi connectivity index (χ3n) is 5.54. The smallest absolute Gasteiger partial charge is 0.309 e. The summed E-state index contributed by atoms with van der Waals surface area (Å²) in [5, 5.41) is 7.64. The van der Waals surface area contributed by atoms with E-state index >= 15 is 0 Å². The second-order valence-electron chi connectivity index (χ2n) is 8.89. The number of amides is 2. The van der Waals surface area contributed by atoms with E-state index < -0.39 is 17.7 Å². The van der Waals surface area contributed by atoms with Crippen LogP contribution in [0, 0.1) is 11.8 Å². The van der Waals surface area contributed by atoms with Crippen molar-refractivity contribution in [2.75, 3.05) is 12.8 Å². The zero-order valence-corrected chi connectivity index (χ0v) is 19.8. The highest BCUT2D eigenvalue weighted by atomic mass is 35.5. The van der Waals surface area contributed by atoms with Gasteiger partial charge in [-0.05, 0) is 39.0 Å². The normalized spacial score (nSPS) is 21.6. The zero-order valence-electron chi connectivity index (χ0n) is 18.1. The fourth-order valence-corrected chi connectivity index (χ4v) is 4.70. The minimum Gasteiger partial charge on any atom is -0.347 e. The second kappa shape index (κ2) is 11.2. The fourth-order valence-electron chi connectivity index (χ4n) is 3.47. The van der Waals surface area contributed by atoms with Crippen molar-refractivity contribution in [1.29, 1.82) is 0 Å². The van der Waals surface area contributed by atoms with Crippen LogP contribution >= 0.6 is 24.2 Å². The van der Waals surface area contributed by atoms with Crippen molar-refractivity contribution in [2.24, 2.45) is 16.9 Å². The van der Waals surface area contributed by atoms with E-state index in [9.17, 15) is 14.4 Å². The number of hydrogen-bond donors (Lipinski definition) is 2. The van der Waals surface area contributed by atoms with Crippen molar-refractivity contribution in [1.82, 2.24) is 15.6 Å². The van der Waals surface area contributed by atoms with Gasteiger partial charge in [-0.15, -0.1) is 17.5 Å². The molecule has 2 aliphatic rings. The minimum atomic E-state index is -0.806. The number of nitrogens with one attached hydrogen (secondary N) is 2. The van der Waals surface area contributed by atoms with Crippen LogP contribution in [0.4, 0.5) is 0 Å². The van der Waals surface area contributed by atoms with Crippen LogP contribution in [0.1, 0.15) is 66.2 Å². The van der Waals surface area contributed by atoms with Crippen LogP contribution < -0.4 is 10.7 Å². The van der Waals surface area contributed by atoms with Gasteiger partial charge in [-0.25, -0.2) is 5.43 Å². The molecule has 1 unspecified atom stereocenters. The van der Waals surface area contributed by atoms with Gasteiger partial charge in [0.2, 0.25) is 11.7 Å². The summed E-state index contributed by atoms with van der Waals surface area (Å²) in [6, 6.07) is -0.806. The highest BCUT2D eigenvalue weighted by molar-refractivity contribution is 8.14. The van der Waals surface area contributed by atoms with Crippen LogP contribution in [-0.4, -0.2) is 52.0 Å². The molecule has 2 N–H and O–H groups in total. The molecule has 29 heavy (non-hydrogen) atoms. The van der Waals surface area contributed by atoms with Gasteiger partial charge < -0.3 is 10.2 Å². The highest BCUT2D eigenvalue weighted by Gasteiger charge is 2.35.